The van der Waals surface area contributed by atoms with Crippen LogP contribution in [0.5, 0.6) is 0 Å². The number of halogens is 2. The van der Waals surface area contributed by atoms with Crippen molar-refractivity contribution in [2.45, 2.75) is 38.3 Å². The van der Waals surface area contributed by atoms with E-state index in [1.54, 1.807) is 7.05 Å². The van der Waals surface area contributed by atoms with Gasteiger partial charge < -0.3 is 16.0 Å². The second-order valence-corrected chi connectivity index (χ2v) is 9.04. The van der Waals surface area contributed by atoms with Crippen LogP contribution >= 0.6 is 35.6 Å². The molecular weight excluding hydrogens is 539 g/mol. The zero-order valence-electron chi connectivity index (χ0n) is 19.3. The Morgan fingerprint density at radius 2 is 1.75 bits per heavy atom. The summed E-state index contributed by atoms with van der Waals surface area (Å²) < 4.78 is 0. The van der Waals surface area contributed by atoms with E-state index in [4.69, 9.17) is 11.6 Å². The molecule has 0 atom stereocenters. The number of hydrogen-bond donors (Lipinski definition) is 3. The van der Waals surface area contributed by atoms with E-state index < -0.39 is 0 Å². The molecule has 180 valence electrons. The molecule has 3 rings (SSSR count). The van der Waals surface area contributed by atoms with Gasteiger partial charge in [0.2, 0.25) is 5.91 Å². The Morgan fingerprint density at radius 3 is 2.38 bits per heavy atom. The number of amides is 1. The number of nitrogens with zero attached hydrogens (tertiary/aromatic N) is 3. The van der Waals surface area contributed by atoms with Gasteiger partial charge in [-0.25, -0.2) is 0 Å². The average Bonchev–Trinajstić information content (AvgIpc) is 2.80. The quantitative estimate of drug-likeness (QED) is 0.264. The van der Waals surface area contributed by atoms with Crippen molar-refractivity contribution in [2.24, 2.45) is 10.9 Å². The molecule has 2 heterocycles. The van der Waals surface area contributed by atoms with Gasteiger partial charge in [-0.1, -0.05) is 29.8 Å². The Morgan fingerprint density at radius 1 is 1.09 bits per heavy atom. The number of likely N-dealkylation sites (N-methyl/N-ethyl adjacent to an activating group) is 1. The zero-order valence-corrected chi connectivity index (χ0v) is 22.4. The van der Waals surface area contributed by atoms with Gasteiger partial charge >= 0.3 is 0 Å². The average molecular weight is 577 g/mol. The number of carbonyl (C=O) groups is 1. The number of carbonyl (C=O) groups excluding carboxylic acids is 1. The molecule has 2 aliphatic rings. The fraction of sp³-hybridized carbons (Fsp3) is 0.652. The predicted molar refractivity (Wildman–Crippen MR) is 143 cm³/mol. The number of benzene rings is 1. The van der Waals surface area contributed by atoms with E-state index in [1.165, 1.54) is 18.4 Å². The maximum Gasteiger partial charge on any atom is 0.233 e. The molecule has 0 aliphatic carbocycles. The lowest BCUT2D eigenvalue weighted by Crippen LogP contribution is -2.50. The number of piperidine rings is 2. The van der Waals surface area contributed by atoms with Crippen LogP contribution < -0.4 is 16.0 Å². The highest BCUT2D eigenvalue weighted by Crippen LogP contribution is 2.22. The van der Waals surface area contributed by atoms with Crippen LogP contribution in [0.1, 0.15) is 31.2 Å². The predicted octanol–water partition coefficient (Wildman–Crippen LogP) is 2.55. The Labute approximate surface area is 214 Å². The smallest absolute Gasteiger partial charge is 0.233 e. The van der Waals surface area contributed by atoms with Crippen LogP contribution in [0.15, 0.2) is 29.3 Å². The van der Waals surface area contributed by atoms with Crippen LogP contribution in [0.3, 0.4) is 0 Å². The number of hydrogen-bond acceptors (Lipinski definition) is 4. The van der Waals surface area contributed by atoms with Crippen LogP contribution in [-0.4, -0.2) is 81.1 Å². The molecule has 1 amide bonds. The van der Waals surface area contributed by atoms with Gasteiger partial charge in [0.05, 0.1) is 6.54 Å². The van der Waals surface area contributed by atoms with E-state index in [0.717, 1.165) is 63.1 Å². The highest BCUT2D eigenvalue weighted by molar-refractivity contribution is 14.0. The van der Waals surface area contributed by atoms with Crippen LogP contribution in [0.25, 0.3) is 0 Å². The molecule has 0 saturated carbocycles. The third-order valence-corrected chi connectivity index (χ3v) is 6.78. The number of likely N-dealkylation sites (tertiary alicyclic amines) is 2. The lowest BCUT2D eigenvalue weighted by atomic mass is 9.96. The Balaban J connectivity index is 0.00000363. The minimum atomic E-state index is 0. The topological polar surface area (TPSA) is 72.0 Å². The van der Waals surface area contributed by atoms with Crippen LogP contribution in [-0.2, 0) is 11.3 Å². The number of nitrogens with one attached hydrogen (secondary N) is 3. The third kappa shape index (κ3) is 8.68. The molecule has 2 saturated heterocycles. The summed E-state index contributed by atoms with van der Waals surface area (Å²) in [4.78, 5) is 20.7. The van der Waals surface area contributed by atoms with Crippen molar-refractivity contribution < 1.29 is 4.79 Å². The summed E-state index contributed by atoms with van der Waals surface area (Å²) in [5.74, 6) is 1.64. The Hall–Kier alpha value is -1.10. The van der Waals surface area contributed by atoms with Gasteiger partial charge in [0.15, 0.2) is 5.96 Å². The second kappa shape index (κ2) is 14.2. The van der Waals surface area contributed by atoms with E-state index >= 15 is 0 Å². The second-order valence-electron chi connectivity index (χ2n) is 8.63. The van der Waals surface area contributed by atoms with Gasteiger partial charge in [-0.15, -0.1) is 24.0 Å². The first-order chi connectivity index (χ1) is 15.1. The maximum absolute atomic E-state index is 11.5. The molecule has 2 fully saturated rings. The Bertz CT molecular complexity index is 733. The highest BCUT2D eigenvalue weighted by atomic mass is 127. The fourth-order valence-corrected chi connectivity index (χ4v) is 4.56. The molecule has 2 aliphatic heterocycles. The van der Waals surface area contributed by atoms with E-state index in [2.05, 4.69) is 42.9 Å². The first kappa shape index (κ1) is 27.1. The first-order valence-electron chi connectivity index (χ1n) is 11.4. The highest BCUT2D eigenvalue weighted by Gasteiger charge is 2.23. The monoisotopic (exact) mass is 576 g/mol. The standard InChI is InChI=1S/C23H37ClN6O.HI/c1-25-22(31)17-30-13-9-20(10-14-30)28-23(26-2)27-15-18-7-11-29(12-8-18)16-19-5-3-4-6-21(19)24;/h3-6,18,20H,7-17H2,1-2H3,(H,25,31)(H2,26,27,28);1H. The molecule has 0 aromatic heterocycles. The van der Waals surface area contributed by atoms with Crippen molar-refractivity contribution in [2.75, 3.05) is 53.4 Å². The van der Waals surface area contributed by atoms with Crippen molar-refractivity contribution in [3.8, 4) is 0 Å². The molecule has 1 aromatic rings. The molecule has 0 spiro atoms. The molecule has 3 N–H and O–H groups in total. The number of rotatable bonds is 7. The molecule has 7 nitrogen and oxygen atoms in total. The summed E-state index contributed by atoms with van der Waals surface area (Å²) in [7, 11) is 3.53. The van der Waals surface area contributed by atoms with E-state index in [1.807, 2.05) is 19.2 Å². The van der Waals surface area contributed by atoms with E-state index in [0.29, 0.717) is 18.5 Å². The summed E-state index contributed by atoms with van der Waals surface area (Å²) in [6, 6.07) is 8.54. The number of guanidine groups is 1. The summed E-state index contributed by atoms with van der Waals surface area (Å²) in [5, 5.41) is 10.7. The molecular formula is C23H38ClIN6O. The largest absolute Gasteiger partial charge is 0.358 e. The van der Waals surface area contributed by atoms with Crippen LogP contribution in [0.4, 0.5) is 0 Å². The summed E-state index contributed by atoms with van der Waals surface area (Å²) in [6.45, 7) is 6.46. The van der Waals surface area contributed by atoms with Crippen LogP contribution in [0, 0.1) is 5.92 Å². The molecule has 0 unspecified atom stereocenters. The number of aliphatic imine (C=N–C) groups is 1. The van der Waals surface area contributed by atoms with Crippen molar-refractivity contribution in [3.63, 3.8) is 0 Å². The normalized spacial score (nSPS) is 19.3. The van der Waals surface area contributed by atoms with Gasteiger partial charge in [0.1, 0.15) is 0 Å². The first-order valence-corrected chi connectivity index (χ1v) is 11.8. The molecule has 1 aromatic carbocycles. The maximum atomic E-state index is 11.5. The SMILES string of the molecule is CN=C(NCC1CCN(Cc2ccccc2Cl)CC1)NC1CCN(CC(=O)NC)CC1.I. The minimum Gasteiger partial charge on any atom is -0.358 e. The lowest BCUT2D eigenvalue weighted by Gasteiger charge is -2.34. The van der Waals surface area contributed by atoms with Crippen molar-refractivity contribution >= 4 is 47.4 Å². The van der Waals surface area contributed by atoms with Gasteiger partial charge in [-0.3, -0.25) is 19.6 Å². The van der Waals surface area contributed by atoms with Gasteiger partial charge in [-0.2, -0.15) is 0 Å². The molecule has 32 heavy (non-hydrogen) atoms. The van der Waals surface area contributed by atoms with Gasteiger partial charge in [-0.05, 0) is 56.3 Å². The van der Waals surface area contributed by atoms with Gasteiger partial charge in [0, 0.05) is 51.3 Å². The van der Waals surface area contributed by atoms with Crippen molar-refractivity contribution in [1.82, 2.24) is 25.8 Å². The van der Waals surface area contributed by atoms with E-state index in [9.17, 15) is 4.79 Å². The fourth-order valence-electron chi connectivity index (χ4n) is 4.36. The molecule has 0 bridgehead atoms. The summed E-state index contributed by atoms with van der Waals surface area (Å²) in [6.07, 6.45) is 4.43. The summed E-state index contributed by atoms with van der Waals surface area (Å²) >= 11 is 6.31. The van der Waals surface area contributed by atoms with Crippen LogP contribution in [0.2, 0.25) is 5.02 Å². The summed E-state index contributed by atoms with van der Waals surface area (Å²) in [5.41, 5.74) is 1.21. The van der Waals surface area contributed by atoms with Crippen molar-refractivity contribution in [1.29, 1.82) is 0 Å². The molecule has 9 heteroatoms. The van der Waals surface area contributed by atoms with Crippen molar-refractivity contribution in [3.05, 3.63) is 34.9 Å². The Kier molecular flexibility index (Phi) is 12.1. The van der Waals surface area contributed by atoms with Gasteiger partial charge in [0.25, 0.3) is 0 Å². The van der Waals surface area contributed by atoms with E-state index in [-0.39, 0.29) is 29.9 Å². The minimum absolute atomic E-state index is 0. The lowest BCUT2D eigenvalue weighted by molar-refractivity contribution is -0.122. The third-order valence-electron chi connectivity index (χ3n) is 6.42. The zero-order chi connectivity index (χ0) is 22.1. The molecule has 0 radical (unpaired) electrons.